The molecule has 1 N–H and O–H groups in total. The van der Waals surface area contributed by atoms with Crippen LogP contribution in [0.25, 0.3) is 0 Å². The highest BCUT2D eigenvalue weighted by Gasteiger charge is 2.65. The van der Waals surface area contributed by atoms with Crippen molar-refractivity contribution in [2.75, 3.05) is 0 Å². The fourth-order valence-electron chi connectivity index (χ4n) is 3.77. The highest BCUT2D eigenvalue weighted by Crippen LogP contribution is 2.63. The average molecular weight is 273 g/mol. The number of para-hydroxylation sites is 1. The second-order valence-electron chi connectivity index (χ2n) is 8.20. The summed E-state index contributed by atoms with van der Waals surface area (Å²) < 4.78 is 6.12. The zero-order valence-electron chi connectivity index (χ0n) is 13.6. The fraction of sp³-hybridized carbons (Fsp3) is 0.667. The Balaban J connectivity index is 1.87. The lowest BCUT2D eigenvalue weighted by molar-refractivity contribution is 0.0647. The van der Waals surface area contributed by atoms with Crippen LogP contribution in [0.2, 0.25) is 0 Å². The predicted molar refractivity (Wildman–Crippen MR) is 83.0 cm³/mol. The zero-order chi connectivity index (χ0) is 14.8. The van der Waals surface area contributed by atoms with E-state index < -0.39 is 0 Å². The van der Waals surface area contributed by atoms with Gasteiger partial charge in [0.25, 0.3) is 0 Å². The van der Waals surface area contributed by atoms with Crippen LogP contribution in [-0.4, -0.2) is 11.6 Å². The molecule has 0 amide bonds. The van der Waals surface area contributed by atoms with Crippen molar-refractivity contribution in [2.45, 2.75) is 65.6 Å². The molecule has 1 unspecified atom stereocenters. The van der Waals surface area contributed by atoms with Gasteiger partial charge < -0.3 is 10.1 Å². The van der Waals surface area contributed by atoms with Gasteiger partial charge in [-0.2, -0.15) is 0 Å². The first-order valence-corrected chi connectivity index (χ1v) is 7.69. The van der Waals surface area contributed by atoms with Gasteiger partial charge in [-0.05, 0) is 30.7 Å². The maximum Gasteiger partial charge on any atom is 0.124 e. The highest BCUT2D eigenvalue weighted by atomic mass is 16.5. The quantitative estimate of drug-likeness (QED) is 0.867. The Morgan fingerprint density at radius 1 is 1.00 bits per heavy atom. The van der Waals surface area contributed by atoms with Gasteiger partial charge in [0, 0.05) is 24.1 Å². The van der Waals surface area contributed by atoms with Crippen molar-refractivity contribution in [3.8, 4) is 5.75 Å². The minimum atomic E-state index is -0.102. The van der Waals surface area contributed by atoms with Crippen LogP contribution in [0, 0.1) is 10.8 Å². The van der Waals surface area contributed by atoms with Crippen LogP contribution in [0.5, 0.6) is 5.75 Å². The maximum absolute atomic E-state index is 6.12. The van der Waals surface area contributed by atoms with Gasteiger partial charge in [-0.15, -0.1) is 0 Å². The van der Waals surface area contributed by atoms with Gasteiger partial charge in [-0.3, -0.25) is 0 Å². The molecule has 1 aliphatic carbocycles. The second kappa shape index (κ2) is 4.00. The summed E-state index contributed by atoms with van der Waals surface area (Å²) in [6.45, 7) is 13.8. The molecule has 3 rings (SSSR count). The van der Waals surface area contributed by atoms with Gasteiger partial charge in [-0.25, -0.2) is 0 Å². The van der Waals surface area contributed by atoms with E-state index in [1.807, 2.05) is 0 Å². The van der Waals surface area contributed by atoms with E-state index in [4.69, 9.17) is 4.74 Å². The Morgan fingerprint density at radius 3 is 2.20 bits per heavy atom. The third-order valence-corrected chi connectivity index (χ3v) is 5.76. The fourth-order valence-corrected chi connectivity index (χ4v) is 3.77. The largest absolute Gasteiger partial charge is 0.487 e. The van der Waals surface area contributed by atoms with Crippen molar-refractivity contribution < 1.29 is 4.74 Å². The molecule has 1 saturated carbocycles. The molecule has 0 spiro atoms. The molecule has 2 heteroatoms. The first-order valence-electron chi connectivity index (χ1n) is 7.69. The summed E-state index contributed by atoms with van der Waals surface area (Å²) in [6.07, 6.45) is 1.02. The van der Waals surface area contributed by atoms with Gasteiger partial charge >= 0.3 is 0 Å². The summed E-state index contributed by atoms with van der Waals surface area (Å²) in [5, 5.41) is 3.91. The number of rotatable bonds is 2. The number of fused-ring (bicyclic) bond motifs is 1. The standard InChI is InChI=1S/C18H27NO/c1-16(2)11-13(12-9-7-8-10-14(12)20-16)19-15-17(3,4)18(15,5)6/h7-10,13,15,19H,11H2,1-6H3. The lowest BCUT2D eigenvalue weighted by Gasteiger charge is -2.38. The Morgan fingerprint density at radius 2 is 1.60 bits per heavy atom. The highest BCUT2D eigenvalue weighted by molar-refractivity contribution is 5.39. The third-order valence-electron chi connectivity index (χ3n) is 5.76. The van der Waals surface area contributed by atoms with Gasteiger partial charge in [0.2, 0.25) is 0 Å². The van der Waals surface area contributed by atoms with E-state index in [0.29, 0.717) is 22.9 Å². The molecule has 1 aromatic rings. The molecule has 1 aliphatic heterocycles. The van der Waals surface area contributed by atoms with E-state index in [-0.39, 0.29) is 5.60 Å². The molecule has 1 aromatic carbocycles. The van der Waals surface area contributed by atoms with E-state index in [2.05, 4.69) is 71.1 Å². The third kappa shape index (κ3) is 1.96. The smallest absolute Gasteiger partial charge is 0.124 e. The van der Waals surface area contributed by atoms with Crippen molar-refractivity contribution in [3.63, 3.8) is 0 Å². The van der Waals surface area contributed by atoms with Crippen LogP contribution in [0.1, 0.15) is 59.6 Å². The molecule has 20 heavy (non-hydrogen) atoms. The van der Waals surface area contributed by atoms with E-state index in [9.17, 15) is 0 Å². The molecular weight excluding hydrogens is 246 g/mol. The van der Waals surface area contributed by atoms with Gasteiger partial charge in [0.15, 0.2) is 0 Å². The minimum absolute atomic E-state index is 0.102. The molecule has 2 nitrogen and oxygen atoms in total. The van der Waals surface area contributed by atoms with Crippen LogP contribution in [0.4, 0.5) is 0 Å². The zero-order valence-corrected chi connectivity index (χ0v) is 13.6. The Labute approximate surface area is 122 Å². The van der Waals surface area contributed by atoms with E-state index in [0.717, 1.165) is 12.2 Å². The van der Waals surface area contributed by atoms with Crippen molar-refractivity contribution in [2.24, 2.45) is 10.8 Å². The van der Waals surface area contributed by atoms with E-state index in [1.54, 1.807) is 0 Å². The topological polar surface area (TPSA) is 21.3 Å². The molecule has 0 saturated heterocycles. The lowest BCUT2D eigenvalue weighted by Crippen LogP contribution is -2.41. The van der Waals surface area contributed by atoms with Crippen LogP contribution >= 0.6 is 0 Å². The average Bonchev–Trinajstić information content (AvgIpc) is 2.70. The first-order chi connectivity index (χ1) is 9.15. The van der Waals surface area contributed by atoms with Crippen LogP contribution < -0.4 is 10.1 Å². The Bertz CT molecular complexity index is 516. The number of benzene rings is 1. The van der Waals surface area contributed by atoms with E-state index in [1.165, 1.54) is 5.56 Å². The monoisotopic (exact) mass is 273 g/mol. The van der Waals surface area contributed by atoms with Gasteiger partial charge in [-0.1, -0.05) is 45.9 Å². The van der Waals surface area contributed by atoms with Gasteiger partial charge in [0.1, 0.15) is 11.4 Å². The Kier molecular flexibility index (Phi) is 2.79. The van der Waals surface area contributed by atoms with Crippen molar-refractivity contribution >= 4 is 0 Å². The number of ether oxygens (including phenoxy) is 1. The van der Waals surface area contributed by atoms with E-state index >= 15 is 0 Å². The molecule has 0 radical (unpaired) electrons. The van der Waals surface area contributed by atoms with Crippen molar-refractivity contribution in [1.82, 2.24) is 5.32 Å². The molecule has 1 fully saturated rings. The molecule has 1 atom stereocenters. The lowest BCUT2D eigenvalue weighted by atomic mass is 9.89. The molecule has 0 bridgehead atoms. The molecule has 110 valence electrons. The second-order valence-corrected chi connectivity index (χ2v) is 8.20. The predicted octanol–water partition coefficient (Wildman–Crippen LogP) is 4.31. The van der Waals surface area contributed by atoms with Crippen LogP contribution in [0.3, 0.4) is 0 Å². The summed E-state index contributed by atoms with van der Waals surface area (Å²) in [6, 6.07) is 9.42. The summed E-state index contributed by atoms with van der Waals surface area (Å²) >= 11 is 0. The number of hydrogen-bond acceptors (Lipinski definition) is 2. The van der Waals surface area contributed by atoms with Crippen LogP contribution in [-0.2, 0) is 0 Å². The minimum Gasteiger partial charge on any atom is -0.487 e. The molecule has 0 aromatic heterocycles. The van der Waals surface area contributed by atoms with Crippen molar-refractivity contribution in [1.29, 1.82) is 0 Å². The Hall–Kier alpha value is -1.02. The number of hydrogen-bond donors (Lipinski definition) is 1. The van der Waals surface area contributed by atoms with Crippen LogP contribution in [0.15, 0.2) is 24.3 Å². The maximum atomic E-state index is 6.12. The SMILES string of the molecule is CC1(C)CC(NC2C(C)(C)C2(C)C)c2ccccc2O1. The van der Waals surface area contributed by atoms with Crippen molar-refractivity contribution in [3.05, 3.63) is 29.8 Å². The summed E-state index contributed by atoms with van der Waals surface area (Å²) in [5.41, 5.74) is 1.94. The van der Waals surface area contributed by atoms with Gasteiger partial charge in [0.05, 0.1) is 0 Å². The summed E-state index contributed by atoms with van der Waals surface area (Å²) in [7, 11) is 0. The molecule has 1 heterocycles. The molecule has 2 aliphatic rings. The molecular formula is C18H27NO. The normalized spacial score (nSPS) is 29.4. The summed E-state index contributed by atoms with van der Waals surface area (Å²) in [5.74, 6) is 1.04. The summed E-state index contributed by atoms with van der Waals surface area (Å²) in [4.78, 5) is 0. The first kappa shape index (κ1) is 13.9. The number of nitrogens with one attached hydrogen (secondary N) is 1.